The van der Waals surface area contributed by atoms with E-state index < -0.39 is 6.10 Å². The number of benzene rings is 1. The van der Waals surface area contributed by atoms with Crippen molar-refractivity contribution in [2.75, 3.05) is 46.2 Å². The molecular weight excluding hydrogens is 302 g/mol. The lowest BCUT2D eigenvalue weighted by Crippen LogP contribution is -2.48. The molecule has 1 saturated heterocycles. The van der Waals surface area contributed by atoms with Crippen LogP contribution in [0.25, 0.3) is 0 Å². The molecule has 0 saturated carbocycles. The molecule has 1 aromatic carbocycles. The first-order valence-corrected chi connectivity index (χ1v) is 8.87. The van der Waals surface area contributed by atoms with Crippen LogP contribution in [-0.4, -0.2) is 73.9 Å². The third-order valence-electron chi connectivity index (χ3n) is 4.84. The highest BCUT2D eigenvalue weighted by molar-refractivity contribution is 5.47. The van der Waals surface area contributed by atoms with Crippen LogP contribution in [0.1, 0.15) is 20.3 Å². The Morgan fingerprint density at radius 2 is 1.96 bits per heavy atom. The van der Waals surface area contributed by atoms with Crippen LogP contribution in [0.4, 0.5) is 5.69 Å². The number of aliphatic hydroxyl groups excluding tert-OH is 1. The van der Waals surface area contributed by atoms with E-state index in [1.54, 1.807) is 0 Å². The van der Waals surface area contributed by atoms with Gasteiger partial charge in [0.15, 0.2) is 0 Å². The Hall–Kier alpha value is -1.30. The lowest BCUT2D eigenvalue weighted by atomic mass is 9.89. The molecule has 2 rings (SSSR count). The summed E-state index contributed by atoms with van der Waals surface area (Å²) in [5.41, 5.74) is 1.13. The normalized spacial score (nSPS) is 26.4. The fraction of sp³-hybridized carbons (Fsp3) is 0.684. The first kappa shape index (κ1) is 19.0. The maximum atomic E-state index is 9.84. The number of hydrogen-bond acceptors (Lipinski definition) is 5. The van der Waals surface area contributed by atoms with Crippen molar-refractivity contribution >= 4 is 5.69 Å². The zero-order valence-electron chi connectivity index (χ0n) is 15.7. The molecule has 24 heavy (non-hydrogen) atoms. The molecule has 0 spiro atoms. The van der Waals surface area contributed by atoms with Crippen LogP contribution in [0, 0.1) is 5.92 Å². The largest absolute Gasteiger partial charge is 0.491 e. The Bertz CT molecular complexity index is 492. The van der Waals surface area contributed by atoms with Crippen molar-refractivity contribution in [1.29, 1.82) is 0 Å². The van der Waals surface area contributed by atoms with Gasteiger partial charge in [0, 0.05) is 30.9 Å². The van der Waals surface area contributed by atoms with Crippen molar-refractivity contribution in [2.24, 2.45) is 5.92 Å². The minimum absolute atomic E-state index is 0.314. The molecule has 1 aliphatic rings. The number of rotatable bonds is 7. The van der Waals surface area contributed by atoms with Gasteiger partial charge in [0.1, 0.15) is 18.5 Å². The van der Waals surface area contributed by atoms with Crippen LogP contribution in [0.2, 0.25) is 0 Å². The van der Waals surface area contributed by atoms with Crippen LogP contribution < -0.4 is 10.1 Å². The molecule has 5 heteroatoms. The summed E-state index contributed by atoms with van der Waals surface area (Å²) in [6.45, 7) is 6.64. The Labute approximate surface area is 146 Å². The van der Waals surface area contributed by atoms with Crippen molar-refractivity contribution in [3.63, 3.8) is 0 Å². The summed E-state index contributed by atoms with van der Waals surface area (Å²) in [6.07, 6.45) is 0.687. The molecule has 0 aromatic heterocycles. The fourth-order valence-corrected chi connectivity index (χ4v) is 3.27. The van der Waals surface area contributed by atoms with Gasteiger partial charge in [-0.15, -0.1) is 0 Å². The zero-order valence-corrected chi connectivity index (χ0v) is 15.7. The average Bonchev–Trinajstić information content (AvgIpc) is 2.51. The fourth-order valence-electron chi connectivity index (χ4n) is 3.27. The second kappa shape index (κ2) is 8.70. The van der Waals surface area contributed by atoms with Crippen molar-refractivity contribution in [3.8, 4) is 5.75 Å². The molecule has 1 aromatic rings. The molecule has 0 bridgehead atoms. The summed E-state index contributed by atoms with van der Waals surface area (Å²) in [5.74, 6) is 1.42. The number of piperidine rings is 1. The van der Waals surface area contributed by atoms with Gasteiger partial charge in [-0.1, -0.05) is 6.92 Å². The average molecular weight is 335 g/mol. The first-order chi connectivity index (χ1) is 11.3. The van der Waals surface area contributed by atoms with Crippen LogP contribution in [0.15, 0.2) is 24.3 Å². The van der Waals surface area contributed by atoms with Gasteiger partial charge in [-0.2, -0.15) is 0 Å². The minimum Gasteiger partial charge on any atom is -0.491 e. The Morgan fingerprint density at radius 1 is 1.29 bits per heavy atom. The van der Waals surface area contributed by atoms with Gasteiger partial charge in [-0.3, -0.25) is 0 Å². The summed E-state index contributed by atoms with van der Waals surface area (Å²) in [5, 5.41) is 13.5. The highest BCUT2D eigenvalue weighted by atomic mass is 16.5. The van der Waals surface area contributed by atoms with E-state index in [2.05, 4.69) is 43.2 Å². The number of anilines is 1. The predicted octanol–water partition coefficient (Wildman–Crippen LogP) is 2.13. The number of likely N-dealkylation sites (N-methyl/N-ethyl adjacent to an activating group) is 1. The van der Waals surface area contributed by atoms with Gasteiger partial charge in [-0.25, -0.2) is 0 Å². The van der Waals surface area contributed by atoms with Crippen molar-refractivity contribution < 1.29 is 9.84 Å². The summed E-state index contributed by atoms with van der Waals surface area (Å²) in [7, 11) is 6.08. The van der Waals surface area contributed by atoms with Crippen LogP contribution >= 0.6 is 0 Å². The molecule has 0 aliphatic carbocycles. The zero-order chi connectivity index (χ0) is 17.7. The maximum absolute atomic E-state index is 9.84. The van der Waals surface area contributed by atoms with E-state index in [-0.39, 0.29) is 0 Å². The van der Waals surface area contributed by atoms with Crippen molar-refractivity contribution in [1.82, 2.24) is 9.80 Å². The number of nitrogens with zero attached hydrogens (tertiary/aromatic N) is 2. The van der Waals surface area contributed by atoms with Crippen molar-refractivity contribution in [3.05, 3.63) is 24.3 Å². The van der Waals surface area contributed by atoms with Gasteiger partial charge in [-0.05, 0) is 64.7 Å². The van der Waals surface area contributed by atoms with E-state index in [1.165, 1.54) is 0 Å². The van der Waals surface area contributed by atoms with E-state index >= 15 is 0 Å². The summed E-state index contributed by atoms with van der Waals surface area (Å²) < 4.78 is 5.65. The molecular formula is C19H33N3O2. The topological polar surface area (TPSA) is 48.0 Å². The van der Waals surface area contributed by atoms with Crippen LogP contribution in [0.3, 0.4) is 0 Å². The van der Waals surface area contributed by atoms with E-state index in [1.807, 2.05) is 31.1 Å². The van der Waals surface area contributed by atoms with Gasteiger partial charge in [0.25, 0.3) is 0 Å². The minimum atomic E-state index is -0.473. The second-order valence-electron chi connectivity index (χ2n) is 7.50. The highest BCUT2D eigenvalue weighted by Gasteiger charge is 2.28. The summed E-state index contributed by atoms with van der Waals surface area (Å²) in [6, 6.07) is 9.17. The molecule has 1 aliphatic heterocycles. The number of nitrogens with one attached hydrogen (secondary N) is 1. The molecule has 0 radical (unpaired) electrons. The van der Waals surface area contributed by atoms with Gasteiger partial charge < -0.3 is 25.0 Å². The highest BCUT2D eigenvalue weighted by Crippen LogP contribution is 2.25. The smallest absolute Gasteiger partial charge is 0.119 e. The van der Waals surface area contributed by atoms with Gasteiger partial charge >= 0.3 is 0 Å². The molecule has 1 heterocycles. The quantitative estimate of drug-likeness (QED) is 0.799. The van der Waals surface area contributed by atoms with Crippen LogP contribution in [-0.2, 0) is 0 Å². The third kappa shape index (κ3) is 5.65. The maximum Gasteiger partial charge on any atom is 0.119 e. The van der Waals surface area contributed by atoms with E-state index in [4.69, 9.17) is 4.74 Å². The predicted molar refractivity (Wildman–Crippen MR) is 99.8 cm³/mol. The second-order valence-corrected chi connectivity index (χ2v) is 7.50. The Morgan fingerprint density at radius 3 is 2.58 bits per heavy atom. The standard InChI is InChI=1S/C19H33N3O2/c1-14-11-22(5)15(2)10-19(14)20-16-6-8-18(9-7-16)24-13-17(23)12-21(3)4/h6-9,14-15,17,19-20,23H,10-13H2,1-5H3. The molecule has 0 amide bonds. The molecule has 4 atom stereocenters. The lowest BCUT2D eigenvalue weighted by Gasteiger charge is -2.40. The number of ether oxygens (including phenoxy) is 1. The van der Waals surface area contributed by atoms with Gasteiger partial charge in [0.2, 0.25) is 0 Å². The summed E-state index contributed by atoms with van der Waals surface area (Å²) >= 11 is 0. The third-order valence-corrected chi connectivity index (χ3v) is 4.84. The van der Waals surface area contributed by atoms with Crippen molar-refractivity contribution in [2.45, 2.75) is 38.5 Å². The SMILES string of the molecule is CC1CN(C)C(C)CC1Nc1ccc(OCC(O)CN(C)C)cc1. The molecule has 5 nitrogen and oxygen atoms in total. The van der Waals surface area contributed by atoms with Gasteiger partial charge in [0.05, 0.1) is 0 Å². The number of hydrogen-bond donors (Lipinski definition) is 2. The monoisotopic (exact) mass is 335 g/mol. The first-order valence-electron chi connectivity index (χ1n) is 8.87. The van der Waals surface area contributed by atoms with Crippen LogP contribution in [0.5, 0.6) is 5.75 Å². The number of aliphatic hydroxyl groups is 1. The lowest BCUT2D eigenvalue weighted by molar-refractivity contribution is 0.0831. The Kier molecular flexibility index (Phi) is 6.90. The molecule has 4 unspecified atom stereocenters. The summed E-state index contributed by atoms with van der Waals surface area (Å²) in [4.78, 5) is 4.38. The molecule has 136 valence electrons. The Balaban J connectivity index is 1.83. The van der Waals surface area contributed by atoms with E-state index in [0.717, 1.165) is 24.4 Å². The van der Waals surface area contributed by atoms with E-state index in [9.17, 15) is 5.11 Å². The number of likely N-dealkylation sites (tertiary alicyclic amines) is 1. The molecule has 2 N–H and O–H groups in total. The molecule has 1 fully saturated rings. The van der Waals surface area contributed by atoms with E-state index in [0.29, 0.717) is 31.2 Å².